The minimum Gasteiger partial charge on any atom is -0.389 e. The standard InChI is InChI=1S/C16H17N3O2S/c1-16(2,19-9-7-13(20)8-10-19)15(21)18-12-5-3-11(4-6-12)14(17)22/h3-10H,1-2H3,(H2,17,22)(H,18,21). The monoisotopic (exact) mass is 315 g/mol. The molecule has 0 saturated heterocycles. The third-order valence-corrected chi connectivity index (χ3v) is 3.66. The number of hydrogen-bond acceptors (Lipinski definition) is 3. The molecule has 1 aromatic heterocycles. The molecular weight excluding hydrogens is 298 g/mol. The van der Waals surface area contributed by atoms with Crippen LogP contribution in [0.5, 0.6) is 0 Å². The molecule has 1 amide bonds. The molecule has 1 heterocycles. The largest absolute Gasteiger partial charge is 0.389 e. The van der Waals surface area contributed by atoms with Crippen LogP contribution < -0.4 is 16.5 Å². The van der Waals surface area contributed by atoms with Crippen molar-refractivity contribution >= 4 is 28.8 Å². The first kappa shape index (κ1) is 15.9. The number of anilines is 1. The lowest BCUT2D eigenvalue weighted by Gasteiger charge is -2.27. The second kappa shape index (κ2) is 6.11. The van der Waals surface area contributed by atoms with Crippen LogP contribution in [-0.4, -0.2) is 15.5 Å². The quantitative estimate of drug-likeness (QED) is 0.844. The number of carbonyl (C=O) groups excluding carboxylic acids is 1. The number of benzene rings is 1. The lowest BCUT2D eigenvalue weighted by molar-refractivity contribution is -0.123. The Kier molecular flexibility index (Phi) is 4.42. The van der Waals surface area contributed by atoms with Crippen molar-refractivity contribution in [2.45, 2.75) is 19.4 Å². The Hall–Kier alpha value is -2.47. The Bertz CT molecular complexity index is 743. The van der Waals surface area contributed by atoms with Gasteiger partial charge in [-0.25, -0.2) is 0 Å². The van der Waals surface area contributed by atoms with Crippen molar-refractivity contribution in [3.63, 3.8) is 0 Å². The molecule has 0 saturated carbocycles. The first-order valence-corrected chi connectivity index (χ1v) is 7.11. The van der Waals surface area contributed by atoms with Gasteiger partial charge in [-0.1, -0.05) is 12.2 Å². The lowest BCUT2D eigenvalue weighted by atomic mass is 10.0. The number of pyridine rings is 1. The van der Waals surface area contributed by atoms with E-state index in [0.717, 1.165) is 5.56 Å². The fourth-order valence-electron chi connectivity index (χ4n) is 1.90. The Morgan fingerprint density at radius 2 is 1.68 bits per heavy atom. The van der Waals surface area contributed by atoms with Gasteiger partial charge in [0.1, 0.15) is 10.5 Å². The first-order valence-electron chi connectivity index (χ1n) is 6.71. The zero-order valence-corrected chi connectivity index (χ0v) is 13.2. The van der Waals surface area contributed by atoms with Crippen LogP contribution in [0.3, 0.4) is 0 Å². The molecule has 2 aromatic rings. The number of nitrogens with zero attached hydrogens (tertiary/aromatic N) is 1. The number of hydrogen-bond donors (Lipinski definition) is 2. The molecule has 0 aliphatic carbocycles. The third-order valence-electron chi connectivity index (χ3n) is 3.43. The summed E-state index contributed by atoms with van der Waals surface area (Å²) in [5.74, 6) is -0.195. The normalized spacial score (nSPS) is 11.0. The minimum atomic E-state index is -0.838. The van der Waals surface area contributed by atoms with E-state index < -0.39 is 5.54 Å². The van der Waals surface area contributed by atoms with E-state index in [1.165, 1.54) is 12.1 Å². The summed E-state index contributed by atoms with van der Waals surface area (Å²) >= 11 is 4.89. The first-order chi connectivity index (χ1) is 10.3. The summed E-state index contributed by atoms with van der Waals surface area (Å²) in [5, 5.41) is 2.84. The number of nitrogens with two attached hydrogens (primary N) is 1. The van der Waals surface area contributed by atoms with Crippen molar-refractivity contribution in [1.82, 2.24) is 4.57 Å². The smallest absolute Gasteiger partial charge is 0.250 e. The van der Waals surface area contributed by atoms with Crippen LogP contribution in [0.25, 0.3) is 0 Å². The Morgan fingerprint density at radius 3 is 2.18 bits per heavy atom. The number of rotatable bonds is 4. The van der Waals surface area contributed by atoms with Crippen LogP contribution in [0.1, 0.15) is 19.4 Å². The van der Waals surface area contributed by atoms with Crippen LogP contribution in [0.4, 0.5) is 5.69 Å². The van der Waals surface area contributed by atoms with E-state index in [4.69, 9.17) is 18.0 Å². The maximum Gasteiger partial charge on any atom is 0.250 e. The van der Waals surface area contributed by atoms with E-state index in [9.17, 15) is 9.59 Å². The molecule has 0 bridgehead atoms. The molecule has 6 heteroatoms. The van der Waals surface area contributed by atoms with E-state index in [1.807, 2.05) is 0 Å². The highest BCUT2D eigenvalue weighted by Crippen LogP contribution is 2.18. The lowest BCUT2D eigenvalue weighted by Crippen LogP contribution is -2.40. The molecule has 0 atom stereocenters. The molecule has 0 fully saturated rings. The van der Waals surface area contributed by atoms with Crippen LogP contribution in [-0.2, 0) is 10.3 Å². The minimum absolute atomic E-state index is 0.0965. The maximum atomic E-state index is 12.5. The number of nitrogens with one attached hydrogen (secondary N) is 1. The van der Waals surface area contributed by atoms with Crippen LogP contribution in [0.15, 0.2) is 53.6 Å². The maximum absolute atomic E-state index is 12.5. The molecule has 2 rings (SSSR count). The summed E-state index contributed by atoms with van der Waals surface area (Å²) in [5.41, 5.74) is 6.00. The van der Waals surface area contributed by atoms with Gasteiger partial charge in [-0.15, -0.1) is 0 Å². The summed E-state index contributed by atoms with van der Waals surface area (Å²) in [6, 6.07) is 9.84. The van der Waals surface area contributed by atoms with Gasteiger partial charge >= 0.3 is 0 Å². The summed E-state index contributed by atoms with van der Waals surface area (Å²) < 4.78 is 1.69. The average Bonchev–Trinajstić information content (AvgIpc) is 2.48. The second-order valence-corrected chi connectivity index (χ2v) is 5.84. The van der Waals surface area contributed by atoms with Crippen LogP contribution in [0, 0.1) is 0 Å². The Balaban J connectivity index is 2.18. The molecule has 1 aromatic carbocycles. The predicted octanol–water partition coefficient (Wildman–Crippen LogP) is 1.86. The highest BCUT2D eigenvalue weighted by molar-refractivity contribution is 7.80. The molecule has 0 spiro atoms. The van der Waals surface area contributed by atoms with Gasteiger partial charge in [0.25, 0.3) is 0 Å². The van der Waals surface area contributed by atoms with Crippen molar-refractivity contribution in [2.75, 3.05) is 5.32 Å². The van der Waals surface area contributed by atoms with E-state index >= 15 is 0 Å². The molecule has 3 N–H and O–H groups in total. The Morgan fingerprint density at radius 1 is 1.14 bits per heavy atom. The molecular formula is C16H17N3O2S. The van der Waals surface area contributed by atoms with Gasteiger partial charge in [0, 0.05) is 35.8 Å². The summed E-state index contributed by atoms with van der Waals surface area (Å²) in [7, 11) is 0. The van der Waals surface area contributed by atoms with Gasteiger partial charge in [0.2, 0.25) is 5.91 Å². The van der Waals surface area contributed by atoms with Gasteiger partial charge in [0.15, 0.2) is 5.43 Å². The molecule has 0 aliphatic rings. The second-order valence-electron chi connectivity index (χ2n) is 5.40. The Labute approximate surface area is 133 Å². The summed E-state index contributed by atoms with van der Waals surface area (Å²) in [6.45, 7) is 3.55. The predicted molar refractivity (Wildman–Crippen MR) is 91.0 cm³/mol. The number of thiocarbonyl (C=S) groups is 1. The zero-order valence-electron chi connectivity index (χ0n) is 12.4. The van der Waals surface area contributed by atoms with Crippen LogP contribution in [0.2, 0.25) is 0 Å². The van der Waals surface area contributed by atoms with Crippen molar-refractivity contribution in [3.8, 4) is 0 Å². The van der Waals surface area contributed by atoms with E-state index in [0.29, 0.717) is 10.7 Å². The molecule has 22 heavy (non-hydrogen) atoms. The van der Waals surface area contributed by atoms with Crippen molar-refractivity contribution in [1.29, 1.82) is 0 Å². The fraction of sp³-hybridized carbons (Fsp3) is 0.188. The third kappa shape index (κ3) is 3.40. The number of amides is 1. The van der Waals surface area contributed by atoms with E-state index in [2.05, 4.69) is 5.32 Å². The summed E-state index contributed by atoms with van der Waals surface area (Å²) in [4.78, 5) is 24.0. The SMILES string of the molecule is CC(C)(C(=O)Nc1ccc(C(N)=S)cc1)n1ccc(=O)cc1. The van der Waals surface area contributed by atoms with Crippen LogP contribution >= 0.6 is 12.2 Å². The molecule has 0 unspecified atom stereocenters. The van der Waals surface area contributed by atoms with Crippen molar-refractivity contribution in [2.24, 2.45) is 5.73 Å². The van der Waals surface area contributed by atoms with Crippen molar-refractivity contribution in [3.05, 3.63) is 64.6 Å². The number of aromatic nitrogens is 1. The van der Waals surface area contributed by atoms with Gasteiger partial charge < -0.3 is 15.6 Å². The van der Waals surface area contributed by atoms with Gasteiger partial charge in [0.05, 0.1) is 0 Å². The highest BCUT2D eigenvalue weighted by Gasteiger charge is 2.28. The topological polar surface area (TPSA) is 77.1 Å². The highest BCUT2D eigenvalue weighted by atomic mass is 32.1. The summed E-state index contributed by atoms with van der Waals surface area (Å²) in [6.07, 6.45) is 3.19. The average molecular weight is 315 g/mol. The fourth-order valence-corrected chi connectivity index (χ4v) is 2.04. The van der Waals surface area contributed by atoms with E-state index in [-0.39, 0.29) is 11.3 Å². The molecule has 0 radical (unpaired) electrons. The molecule has 114 valence electrons. The number of carbonyl (C=O) groups is 1. The molecule has 5 nitrogen and oxygen atoms in total. The van der Waals surface area contributed by atoms with Gasteiger partial charge in [-0.05, 0) is 38.1 Å². The van der Waals surface area contributed by atoms with E-state index in [1.54, 1.807) is 55.1 Å². The van der Waals surface area contributed by atoms with Crippen molar-refractivity contribution < 1.29 is 4.79 Å². The van der Waals surface area contributed by atoms with Gasteiger partial charge in [-0.2, -0.15) is 0 Å². The zero-order chi connectivity index (χ0) is 16.3. The molecule has 0 aliphatic heterocycles. The van der Waals surface area contributed by atoms with Gasteiger partial charge in [-0.3, -0.25) is 9.59 Å².